The maximum atomic E-state index is 12.4. The Morgan fingerprint density at radius 3 is 2.69 bits per heavy atom. The normalized spacial score (nSPS) is 11.8. The number of hydrogen-bond acceptors (Lipinski definition) is 6. The minimum Gasteiger partial charge on any atom is -0.497 e. The van der Waals surface area contributed by atoms with Crippen LogP contribution in [0.4, 0.5) is 5.69 Å². The van der Waals surface area contributed by atoms with Crippen molar-refractivity contribution in [1.82, 2.24) is 20.2 Å². The van der Waals surface area contributed by atoms with Crippen molar-refractivity contribution in [2.75, 3.05) is 12.4 Å². The van der Waals surface area contributed by atoms with Crippen LogP contribution in [0.2, 0.25) is 0 Å². The topological polar surface area (TPSA) is 108 Å². The van der Waals surface area contributed by atoms with Crippen LogP contribution in [0.5, 0.6) is 5.75 Å². The molecule has 0 aliphatic heterocycles. The molecule has 0 saturated carbocycles. The molecule has 2 aromatic carbocycles. The van der Waals surface area contributed by atoms with Crippen LogP contribution in [0, 0.1) is 6.92 Å². The first-order valence-electron chi connectivity index (χ1n) is 8.11. The van der Waals surface area contributed by atoms with Gasteiger partial charge < -0.3 is 15.8 Å². The van der Waals surface area contributed by atoms with Crippen molar-refractivity contribution in [2.45, 2.75) is 19.4 Å². The van der Waals surface area contributed by atoms with Crippen molar-refractivity contribution in [3.63, 3.8) is 0 Å². The van der Waals surface area contributed by atoms with Gasteiger partial charge in [0.2, 0.25) is 5.91 Å². The summed E-state index contributed by atoms with van der Waals surface area (Å²) in [6, 6.07) is 14.1. The van der Waals surface area contributed by atoms with Crippen molar-refractivity contribution in [3.05, 3.63) is 59.9 Å². The van der Waals surface area contributed by atoms with Crippen molar-refractivity contribution in [1.29, 1.82) is 0 Å². The fourth-order valence-electron chi connectivity index (χ4n) is 2.53. The molecule has 134 valence electrons. The standard InChI is InChI=1S/C18H20N6O2/c1-12-21-22-23-24(12)15-5-3-4-14(11-15)20-18(25)17(19)10-13-6-8-16(26-2)9-7-13/h3-9,11,17H,10,19H2,1-2H3,(H,20,25)/t17-/m0/s1. The van der Waals surface area contributed by atoms with Crippen LogP contribution in [0.15, 0.2) is 48.5 Å². The average molecular weight is 352 g/mol. The molecule has 0 bridgehead atoms. The smallest absolute Gasteiger partial charge is 0.241 e. The largest absolute Gasteiger partial charge is 0.497 e. The van der Waals surface area contributed by atoms with Gasteiger partial charge in [-0.05, 0) is 59.7 Å². The minimum atomic E-state index is -0.665. The van der Waals surface area contributed by atoms with E-state index in [0.717, 1.165) is 17.0 Å². The Bertz CT molecular complexity index is 891. The van der Waals surface area contributed by atoms with Crippen LogP contribution < -0.4 is 15.8 Å². The van der Waals surface area contributed by atoms with Crippen molar-refractivity contribution in [3.8, 4) is 11.4 Å². The number of carbonyl (C=O) groups is 1. The average Bonchev–Trinajstić information content (AvgIpc) is 3.08. The summed E-state index contributed by atoms with van der Waals surface area (Å²) in [6.07, 6.45) is 0.432. The molecule has 0 spiro atoms. The summed E-state index contributed by atoms with van der Waals surface area (Å²) >= 11 is 0. The van der Waals surface area contributed by atoms with E-state index in [1.807, 2.05) is 36.4 Å². The summed E-state index contributed by atoms with van der Waals surface area (Å²) in [5.74, 6) is 1.16. The number of rotatable bonds is 6. The van der Waals surface area contributed by atoms with Crippen LogP contribution >= 0.6 is 0 Å². The number of aryl methyl sites for hydroxylation is 1. The summed E-state index contributed by atoms with van der Waals surface area (Å²) in [7, 11) is 1.61. The molecule has 0 saturated heterocycles. The van der Waals surface area contributed by atoms with Gasteiger partial charge in [0, 0.05) is 5.69 Å². The highest BCUT2D eigenvalue weighted by atomic mass is 16.5. The van der Waals surface area contributed by atoms with Gasteiger partial charge in [-0.25, -0.2) is 0 Å². The van der Waals surface area contributed by atoms with E-state index < -0.39 is 6.04 Å². The number of nitrogens with one attached hydrogen (secondary N) is 1. The first-order valence-corrected chi connectivity index (χ1v) is 8.11. The lowest BCUT2D eigenvalue weighted by Gasteiger charge is -2.13. The Morgan fingerprint density at radius 1 is 1.27 bits per heavy atom. The molecule has 1 aromatic heterocycles. The Kier molecular flexibility index (Phi) is 5.23. The lowest BCUT2D eigenvalue weighted by molar-refractivity contribution is -0.117. The molecular weight excluding hydrogens is 332 g/mol. The predicted octanol–water partition coefficient (Wildman–Crippen LogP) is 1.49. The zero-order chi connectivity index (χ0) is 18.5. The van der Waals surface area contributed by atoms with Crippen LogP contribution in [0.25, 0.3) is 5.69 Å². The monoisotopic (exact) mass is 352 g/mol. The Balaban J connectivity index is 1.66. The molecule has 0 radical (unpaired) electrons. The highest BCUT2D eigenvalue weighted by molar-refractivity contribution is 5.95. The number of nitrogens with two attached hydrogens (primary N) is 1. The number of amides is 1. The molecule has 0 fully saturated rings. The number of carbonyl (C=O) groups excluding carboxylic acids is 1. The highest BCUT2D eigenvalue weighted by Crippen LogP contribution is 2.16. The third-order valence-corrected chi connectivity index (χ3v) is 3.94. The molecular formula is C18H20N6O2. The molecule has 1 heterocycles. The second-order valence-electron chi connectivity index (χ2n) is 5.84. The molecule has 3 rings (SSSR count). The number of hydrogen-bond donors (Lipinski definition) is 2. The molecule has 3 aromatic rings. The Hall–Kier alpha value is -3.26. The van der Waals surface area contributed by atoms with Gasteiger partial charge in [0.25, 0.3) is 0 Å². The van der Waals surface area contributed by atoms with Crippen molar-refractivity contribution < 1.29 is 9.53 Å². The SMILES string of the molecule is COc1ccc(C[C@H](N)C(=O)Nc2cccc(-n3nnnc3C)c2)cc1. The van der Waals surface area contributed by atoms with E-state index in [9.17, 15) is 4.79 Å². The summed E-state index contributed by atoms with van der Waals surface area (Å²) < 4.78 is 6.71. The molecule has 0 aliphatic carbocycles. The van der Waals surface area contributed by atoms with Crippen LogP contribution in [-0.4, -0.2) is 39.3 Å². The van der Waals surface area contributed by atoms with Gasteiger partial charge in [-0.15, -0.1) is 5.10 Å². The van der Waals surface area contributed by atoms with E-state index in [2.05, 4.69) is 20.8 Å². The van der Waals surface area contributed by atoms with E-state index in [1.165, 1.54) is 0 Å². The number of ether oxygens (including phenoxy) is 1. The highest BCUT2D eigenvalue weighted by Gasteiger charge is 2.15. The molecule has 0 aliphatic rings. The van der Waals surface area contributed by atoms with Crippen molar-refractivity contribution >= 4 is 11.6 Å². The number of tetrazole rings is 1. The molecule has 8 nitrogen and oxygen atoms in total. The van der Waals surface area contributed by atoms with Gasteiger partial charge in [0.1, 0.15) is 5.75 Å². The molecule has 0 unspecified atom stereocenters. The molecule has 1 atom stereocenters. The fraction of sp³-hybridized carbons (Fsp3) is 0.222. The fourth-order valence-corrected chi connectivity index (χ4v) is 2.53. The Morgan fingerprint density at radius 2 is 2.04 bits per heavy atom. The summed E-state index contributed by atoms with van der Waals surface area (Å²) in [4.78, 5) is 12.4. The Labute approximate surface area is 151 Å². The zero-order valence-corrected chi connectivity index (χ0v) is 14.6. The second-order valence-corrected chi connectivity index (χ2v) is 5.84. The van der Waals surface area contributed by atoms with Gasteiger partial charge in [0.15, 0.2) is 5.82 Å². The second kappa shape index (κ2) is 7.75. The molecule has 8 heteroatoms. The molecule has 26 heavy (non-hydrogen) atoms. The van der Waals surface area contributed by atoms with Crippen LogP contribution in [0.3, 0.4) is 0 Å². The first kappa shape index (κ1) is 17.6. The first-order chi connectivity index (χ1) is 12.6. The van der Waals surface area contributed by atoms with Crippen LogP contribution in [-0.2, 0) is 11.2 Å². The zero-order valence-electron chi connectivity index (χ0n) is 14.6. The summed E-state index contributed by atoms with van der Waals surface area (Å²) in [5.41, 5.74) is 8.40. The van der Waals surface area contributed by atoms with E-state index >= 15 is 0 Å². The van der Waals surface area contributed by atoms with E-state index in [1.54, 1.807) is 30.8 Å². The third-order valence-electron chi connectivity index (χ3n) is 3.94. The van der Waals surface area contributed by atoms with E-state index in [-0.39, 0.29) is 5.91 Å². The number of benzene rings is 2. The summed E-state index contributed by atoms with van der Waals surface area (Å²) in [6.45, 7) is 1.80. The lowest BCUT2D eigenvalue weighted by Crippen LogP contribution is -2.37. The summed E-state index contributed by atoms with van der Waals surface area (Å²) in [5, 5.41) is 14.2. The van der Waals surface area contributed by atoms with Gasteiger partial charge in [0.05, 0.1) is 18.8 Å². The van der Waals surface area contributed by atoms with E-state index in [4.69, 9.17) is 10.5 Å². The molecule has 1 amide bonds. The quantitative estimate of drug-likeness (QED) is 0.696. The number of nitrogens with zero attached hydrogens (tertiary/aromatic N) is 4. The number of anilines is 1. The minimum absolute atomic E-state index is 0.258. The predicted molar refractivity (Wildman–Crippen MR) is 97.2 cm³/mol. The van der Waals surface area contributed by atoms with Gasteiger partial charge >= 0.3 is 0 Å². The van der Waals surface area contributed by atoms with E-state index in [0.29, 0.717) is 17.9 Å². The maximum Gasteiger partial charge on any atom is 0.241 e. The third kappa shape index (κ3) is 4.04. The lowest BCUT2D eigenvalue weighted by atomic mass is 10.1. The van der Waals surface area contributed by atoms with Gasteiger partial charge in [-0.1, -0.05) is 18.2 Å². The van der Waals surface area contributed by atoms with Gasteiger partial charge in [-0.2, -0.15) is 4.68 Å². The number of methoxy groups -OCH3 is 1. The van der Waals surface area contributed by atoms with Crippen LogP contribution in [0.1, 0.15) is 11.4 Å². The van der Waals surface area contributed by atoms with Gasteiger partial charge in [-0.3, -0.25) is 4.79 Å². The maximum absolute atomic E-state index is 12.4. The number of aromatic nitrogens is 4. The molecule has 3 N–H and O–H groups in total. The van der Waals surface area contributed by atoms with Crippen molar-refractivity contribution in [2.24, 2.45) is 5.73 Å².